The zero-order chi connectivity index (χ0) is 12.9. The monoisotopic (exact) mass is 269 g/mol. The molecule has 0 spiro atoms. The van der Waals surface area contributed by atoms with Crippen molar-refractivity contribution < 1.29 is 0 Å². The van der Waals surface area contributed by atoms with E-state index in [1.54, 1.807) is 0 Å². The molecule has 0 bridgehead atoms. The number of hydrogen-bond donors (Lipinski definition) is 0. The first-order chi connectivity index (χ1) is 9.42. The summed E-state index contributed by atoms with van der Waals surface area (Å²) in [6.07, 6.45) is 4.76. The van der Waals surface area contributed by atoms with Crippen molar-refractivity contribution in [3.05, 3.63) is 64.4 Å². The Morgan fingerprint density at radius 3 is 2.63 bits per heavy atom. The predicted molar refractivity (Wildman–Crippen MR) is 83.5 cm³/mol. The van der Waals surface area contributed by atoms with E-state index < -0.39 is 0 Å². The summed E-state index contributed by atoms with van der Waals surface area (Å²) in [7, 11) is 0. The molecule has 1 aromatic carbocycles. The highest BCUT2D eigenvalue weighted by atomic mass is 32.1. The van der Waals surface area contributed by atoms with Crippen LogP contribution < -0.4 is 0 Å². The Morgan fingerprint density at radius 2 is 1.95 bits per heavy atom. The normalized spacial score (nSPS) is 16.3. The van der Waals surface area contributed by atoms with E-state index in [4.69, 9.17) is 0 Å². The van der Waals surface area contributed by atoms with Crippen molar-refractivity contribution in [3.8, 4) is 0 Å². The molecule has 0 atom stereocenters. The highest BCUT2D eigenvalue weighted by molar-refractivity contribution is 7.09. The Labute approximate surface area is 119 Å². The van der Waals surface area contributed by atoms with Crippen LogP contribution >= 0.6 is 11.3 Å². The van der Waals surface area contributed by atoms with Gasteiger partial charge in [0.05, 0.1) is 0 Å². The van der Waals surface area contributed by atoms with Gasteiger partial charge in [0.2, 0.25) is 0 Å². The molecule has 19 heavy (non-hydrogen) atoms. The van der Waals surface area contributed by atoms with E-state index in [9.17, 15) is 0 Å². The average molecular weight is 269 g/mol. The maximum Gasteiger partial charge on any atom is 0.0169 e. The van der Waals surface area contributed by atoms with Crippen LogP contribution in [0.3, 0.4) is 0 Å². The molecule has 0 fully saturated rings. The van der Waals surface area contributed by atoms with Crippen molar-refractivity contribution in [1.29, 1.82) is 0 Å². The highest BCUT2D eigenvalue weighted by Crippen LogP contribution is 2.22. The number of benzene rings is 1. The first-order valence-corrected chi connectivity index (χ1v) is 7.79. The molecule has 1 nitrogen and oxygen atoms in total. The van der Waals surface area contributed by atoms with Crippen molar-refractivity contribution in [3.63, 3.8) is 0 Å². The van der Waals surface area contributed by atoms with Crippen LogP contribution in [0.1, 0.15) is 16.9 Å². The summed E-state index contributed by atoms with van der Waals surface area (Å²) in [6, 6.07) is 15.1. The molecule has 0 amide bonds. The topological polar surface area (TPSA) is 3.24 Å². The van der Waals surface area contributed by atoms with Gasteiger partial charge in [0.25, 0.3) is 0 Å². The molecule has 2 aromatic rings. The summed E-state index contributed by atoms with van der Waals surface area (Å²) >= 11 is 1.87. The molecule has 1 aliphatic rings. The van der Waals surface area contributed by atoms with Crippen LogP contribution in [-0.4, -0.2) is 24.5 Å². The third kappa shape index (κ3) is 3.34. The van der Waals surface area contributed by atoms with Gasteiger partial charge >= 0.3 is 0 Å². The molecule has 3 rings (SSSR count). The SMILES string of the molecule is C1=C(c2ccccc2)CCN(CCc2cccs2)C1. The minimum absolute atomic E-state index is 1.09. The lowest BCUT2D eigenvalue weighted by Crippen LogP contribution is -2.30. The molecule has 2 heterocycles. The zero-order valence-electron chi connectivity index (χ0n) is 11.1. The first kappa shape index (κ1) is 12.6. The Morgan fingerprint density at radius 1 is 1.05 bits per heavy atom. The van der Waals surface area contributed by atoms with Crippen LogP contribution in [0, 0.1) is 0 Å². The van der Waals surface area contributed by atoms with Gasteiger partial charge in [-0.25, -0.2) is 0 Å². The van der Waals surface area contributed by atoms with Gasteiger partial charge in [-0.1, -0.05) is 42.5 Å². The van der Waals surface area contributed by atoms with Crippen LogP contribution in [0.15, 0.2) is 53.9 Å². The number of thiophene rings is 1. The smallest absolute Gasteiger partial charge is 0.0169 e. The second kappa shape index (κ2) is 6.18. The van der Waals surface area contributed by atoms with Crippen molar-refractivity contribution in [2.75, 3.05) is 19.6 Å². The Kier molecular flexibility index (Phi) is 4.11. The van der Waals surface area contributed by atoms with Gasteiger partial charge in [-0.15, -0.1) is 11.3 Å². The van der Waals surface area contributed by atoms with Crippen LogP contribution in [0.4, 0.5) is 0 Å². The van der Waals surface area contributed by atoms with E-state index in [-0.39, 0.29) is 0 Å². The Balaban J connectivity index is 1.55. The molecule has 0 N–H and O–H groups in total. The first-order valence-electron chi connectivity index (χ1n) is 6.91. The fourth-order valence-electron chi connectivity index (χ4n) is 2.55. The standard InChI is InChI=1S/C17H19NS/c1-2-5-15(6-3-1)16-8-11-18(12-9-16)13-10-17-7-4-14-19-17/h1-8,14H,9-13H2. The van der Waals surface area contributed by atoms with Gasteiger partial charge in [0.1, 0.15) is 0 Å². The molecular formula is C17H19NS. The number of hydrogen-bond acceptors (Lipinski definition) is 2. The lowest BCUT2D eigenvalue weighted by molar-refractivity contribution is 0.306. The van der Waals surface area contributed by atoms with Gasteiger partial charge in [0.15, 0.2) is 0 Å². The fourth-order valence-corrected chi connectivity index (χ4v) is 3.25. The highest BCUT2D eigenvalue weighted by Gasteiger charge is 2.12. The maximum atomic E-state index is 2.55. The van der Waals surface area contributed by atoms with E-state index in [1.165, 1.54) is 41.9 Å². The molecule has 0 unspecified atom stereocenters. The number of nitrogens with zero attached hydrogens (tertiary/aromatic N) is 1. The van der Waals surface area contributed by atoms with E-state index >= 15 is 0 Å². The quantitative estimate of drug-likeness (QED) is 0.808. The second-order valence-electron chi connectivity index (χ2n) is 4.98. The zero-order valence-corrected chi connectivity index (χ0v) is 11.9. The van der Waals surface area contributed by atoms with Gasteiger partial charge in [-0.2, -0.15) is 0 Å². The Bertz CT molecular complexity index is 528. The summed E-state index contributed by atoms with van der Waals surface area (Å²) in [5.74, 6) is 0. The summed E-state index contributed by atoms with van der Waals surface area (Å²) in [6.45, 7) is 3.46. The molecule has 1 aliphatic heterocycles. The van der Waals surface area contributed by atoms with Crippen LogP contribution in [0.5, 0.6) is 0 Å². The third-order valence-corrected chi connectivity index (χ3v) is 4.63. The van der Waals surface area contributed by atoms with Gasteiger partial charge in [0, 0.05) is 24.5 Å². The van der Waals surface area contributed by atoms with Crippen molar-refractivity contribution in [2.24, 2.45) is 0 Å². The van der Waals surface area contributed by atoms with E-state index in [1.807, 2.05) is 11.3 Å². The average Bonchev–Trinajstić information content (AvgIpc) is 3.00. The van der Waals surface area contributed by atoms with E-state index in [2.05, 4.69) is 58.8 Å². The molecule has 0 saturated heterocycles. The lowest BCUT2D eigenvalue weighted by Gasteiger charge is -2.26. The Hall–Kier alpha value is -1.38. The van der Waals surface area contributed by atoms with Gasteiger partial charge in [-0.05, 0) is 35.4 Å². The molecular weight excluding hydrogens is 250 g/mol. The molecule has 98 valence electrons. The molecule has 0 radical (unpaired) electrons. The van der Waals surface area contributed by atoms with Crippen molar-refractivity contribution in [1.82, 2.24) is 4.90 Å². The molecule has 0 aliphatic carbocycles. The summed E-state index contributed by atoms with van der Waals surface area (Å²) in [5.41, 5.74) is 2.90. The summed E-state index contributed by atoms with van der Waals surface area (Å²) in [4.78, 5) is 4.05. The number of rotatable bonds is 4. The van der Waals surface area contributed by atoms with Crippen LogP contribution in [0.25, 0.3) is 5.57 Å². The second-order valence-corrected chi connectivity index (χ2v) is 6.01. The van der Waals surface area contributed by atoms with Crippen LogP contribution in [-0.2, 0) is 6.42 Å². The fraction of sp³-hybridized carbons (Fsp3) is 0.294. The summed E-state index contributed by atoms with van der Waals surface area (Å²) < 4.78 is 0. The summed E-state index contributed by atoms with van der Waals surface area (Å²) in [5, 5.41) is 2.17. The lowest BCUT2D eigenvalue weighted by atomic mass is 9.99. The molecule has 2 heteroatoms. The minimum Gasteiger partial charge on any atom is -0.299 e. The molecule has 1 aromatic heterocycles. The molecule has 0 saturated carbocycles. The van der Waals surface area contributed by atoms with Crippen molar-refractivity contribution in [2.45, 2.75) is 12.8 Å². The van der Waals surface area contributed by atoms with Gasteiger partial charge in [-0.3, -0.25) is 4.90 Å². The predicted octanol–water partition coefficient (Wildman–Crippen LogP) is 4.08. The minimum atomic E-state index is 1.09. The van der Waals surface area contributed by atoms with Gasteiger partial charge < -0.3 is 0 Å². The third-order valence-electron chi connectivity index (χ3n) is 3.69. The van der Waals surface area contributed by atoms with Crippen LogP contribution in [0.2, 0.25) is 0 Å². The maximum absolute atomic E-state index is 2.55. The largest absolute Gasteiger partial charge is 0.299 e. The van der Waals surface area contributed by atoms with Crippen molar-refractivity contribution >= 4 is 16.9 Å². The van der Waals surface area contributed by atoms with E-state index in [0.717, 1.165) is 6.54 Å². The van der Waals surface area contributed by atoms with E-state index in [0.29, 0.717) is 0 Å².